The van der Waals surface area contributed by atoms with Crippen molar-refractivity contribution in [1.82, 2.24) is 0 Å². The van der Waals surface area contributed by atoms with Crippen molar-refractivity contribution in [2.45, 2.75) is 48.5 Å². The van der Waals surface area contributed by atoms with Gasteiger partial charge in [0.25, 0.3) is 0 Å². The molecule has 0 aliphatic rings. The molecule has 23 heavy (non-hydrogen) atoms. The van der Waals surface area contributed by atoms with Crippen LogP contribution in [0, 0.1) is 48.5 Å². The Kier molecular flexibility index (Phi) is 5.54. The predicted molar refractivity (Wildman–Crippen MR) is 104 cm³/mol. The largest absolute Gasteiger partial charge is 0.398 e. The van der Waals surface area contributed by atoms with Crippen molar-refractivity contribution in [2.75, 3.05) is 22.9 Å². The molecule has 2 aromatic carbocycles. The maximum absolute atomic E-state index is 5.90. The summed E-state index contributed by atoms with van der Waals surface area (Å²) in [7, 11) is 0. The molecule has 2 rings (SSSR count). The Morgan fingerprint density at radius 3 is 0.957 bits per heavy atom. The van der Waals surface area contributed by atoms with Crippen LogP contribution >= 0.6 is 0 Å². The summed E-state index contributed by atoms with van der Waals surface area (Å²) in [6.07, 6.45) is 0. The zero-order valence-electron chi connectivity index (χ0n) is 15.4. The number of nitrogens with two attached hydrogens (primary N) is 4. The molecule has 0 fully saturated rings. The van der Waals surface area contributed by atoms with Gasteiger partial charge in [-0.05, 0) is 87.4 Å². The highest BCUT2D eigenvalue weighted by Crippen LogP contribution is 2.29. The Balaban J connectivity index is 0.000000231. The molecule has 0 aliphatic carbocycles. The molecule has 0 saturated carbocycles. The molecular formula is C19H30N4. The van der Waals surface area contributed by atoms with Gasteiger partial charge in [-0.25, -0.2) is 0 Å². The summed E-state index contributed by atoms with van der Waals surface area (Å²) in [6.45, 7) is 14.0. The Labute approximate surface area is 139 Å². The molecule has 0 aromatic heterocycles. The third-order valence-electron chi connectivity index (χ3n) is 4.83. The lowest BCUT2D eigenvalue weighted by atomic mass is 9.97. The van der Waals surface area contributed by atoms with Crippen LogP contribution in [0.2, 0.25) is 0 Å². The summed E-state index contributed by atoms with van der Waals surface area (Å²) < 4.78 is 0. The number of hydrogen-bond acceptors (Lipinski definition) is 4. The van der Waals surface area contributed by atoms with Gasteiger partial charge in [0.2, 0.25) is 0 Å². The van der Waals surface area contributed by atoms with Gasteiger partial charge in [-0.3, -0.25) is 0 Å². The van der Waals surface area contributed by atoms with Crippen LogP contribution in [0.5, 0.6) is 0 Å². The maximum Gasteiger partial charge on any atom is 0.0394 e. The number of rotatable bonds is 0. The number of hydrogen-bond donors (Lipinski definition) is 4. The summed E-state index contributed by atoms with van der Waals surface area (Å²) in [6, 6.07) is 2.01. The molecule has 0 unspecified atom stereocenters. The van der Waals surface area contributed by atoms with Crippen LogP contribution in [-0.2, 0) is 0 Å². The molecule has 0 radical (unpaired) electrons. The van der Waals surface area contributed by atoms with Gasteiger partial charge in [0, 0.05) is 22.7 Å². The summed E-state index contributed by atoms with van der Waals surface area (Å²) in [4.78, 5) is 0. The van der Waals surface area contributed by atoms with Crippen LogP contribution in [0.4, 0.5) is 22.7 Å². The summed E-state index contributed by atoms with van der Waals surface area (Å²) in [5, 5.41) is 0. The molecule has 126 valence electrons. The lowest BCUT2D eigenvalue weighted by Gasteiger charge is -2.14. The molecule has 0 atom stereocenters. The molecule has 2 aromatic rings. The lowest BCUT2D eigenvalue weighted by molar-refractivity contribution is 1.26. The van der Waals surface area contributed by atoms with Gasteiger partial charge in [0.15, 0.2) is 0 Å². The van der Waals surface area contributed by atoms with E-state index in [1.165, 1.54) is 0 Å². The molecular weight excluding hydrogens is 284 g/mol. The third kappa shape index (κ3) is 3.52. The van der Waals surface area contributed by atoms with E-state index in [4.69, 9.17) is 22.9 Å². The van der Waals surface area contributed by atoms with Crippen molar-refractivity contribution in [2.24, 2.45) is 0 Å². The minimum absolute atomic E-state index is 0.813. The van der Waals surface area contributed by atoms with E-state index in [-0.39, 0.29) is 0 Å². The average molecular weight is 314 g/mol. The van der Waals surface area contributed by atoms with Crippen LogP contribution in [0.3, 0.4) is 0 Å². The Bertz CT molecular complexity index is 615. The van der Waals surface area contributed by atoms with Crippen molar-refractivity contribution in [3.8, 4) is 0 Å². The fourth-order valence-electron chi connectivity index (χ4n) is 2.59. The second-order valence-corrected chi connectivity index (χ2v) is 6.29. The van der Waals surface area contributed by atoms with Gasteiger partial charge in [0.1, 0.15) is 0 Å². The van der Waals surface area contributed by atoms with E-state index in [0.717, 1.165) is 61.7 Å². The van der Waals surface area contributed by atoms with Crippen molar-refractivity contribution in [1.29, 1.82) is 0 Å². The highest BCUT2D eigenvalue weighted by Gasteiger charge is 2.09. The predicted octanol–water partition coefficient (Wildman–Crippen LogP) is 3.86. The number of benzene rings is 2. The van der Waals surface area contributed by atoms with Gasteiger partial charge >= 0.3 is 0 Å². The summed E-state index contributed by atoms with van der Waals surface area (Å²) in [5.41, 5.74) is 34.4. The first-order chi connectivity index (χ1) is 10.5. The Morgan fingerprint density at radius 2 is 0.696 bits per heavy atom. The number of nitrogen functional groups attached to an aromatic ring is 4. The number of anilines is 4. The van der Waals surface area contributed by atoms with Crippen LogP contribution in [0.25, 0.3) is 0 Å². The van der Waals surface area contributed by atoms with E-state index in [0.29, 0.717) is 0 Å². The fraction of sp³-hybridized carbons (Fsp3) is 0.368. The lowest BCUT2D eigenvalue weighted by Crippen LogP contribution is -2.04. The van der Waals surface area contributed by atoms with E-state index in [9.17, 15) is 0 Å². The van der Waals surface area contributed by atoms with Crippen LogP contribution in [0.15, 0.2) is 6.07 Å². The van der Waals surface area contributed by atoms with Gasteiger partial charge in [-0.15, -0.1) is 0 Å². The molecule has 4 heteroatoms. The highest BCUT2D eigenvalue weighted by atomic mass is 14.6. The van der Waals surface area contributed by atoms with Crippen molar-refractivity contribution >= 4 is 22.7 Å². The maximum atomic E-state index is 5.90. The SMILES string of the molecule is Cc1c(C)c(N)c(C)c(C)c1N.Cc1cc(C)c(N)c(C)c1N. The first kappa shape index (κ1) is 18.7. The van der Waals surface area contributed by atoms with Crippen LogP contribution in [0.1, 0.15) is 38.9 Å². The minimum atomic E-state index is 0.813. The van der Waals surface area contributed by atoms with E-state index in [1.807, 2.05) is 54.5 Å². The first-order valence-corrected chi connectivity index (χ1v) is 7.73. The third-order valence-corrected chi connectivity index (χ3v) is 4.83. The van der Waals surface area contributed by atoms with Gasteiger partial charge < -0.3 is 22.9 Å². The summed E-state index contributed by atoms with van der Waals surface area (Å²) >= 11 is 0. The zero-order chi connectivity index (χ0) is 18.1. The molecule has 0 heterocycles. The second kappa shape index (κ2) is 6.82. The Morgan fingerprint density at radius 1 is 0.435 bits per heavy atom. The van der Waals surface area contributed by atoms with Gasteiger partial charge in [0.05, 0.1) is 0 Å². The zero-order valence-corrected chi connectivity index (χ0v) is 15.4. The van der Waals surface area contributed by atoms with Crippen LogP contribution < -0.4 is 22.9 Å². The first-order valence-electron chi connectivity index (χ1n) is 7.73. The van der Waals surface area contributed by atoms with Crippen molar-refractivity contribution < 1.29 is 0 Å². The standard InChI is InChI=1S/C10H16N2.C9H14N2/c1-5-6(2)10(12)8(4)7(3)9(5)11;1-5-4-6(2)9(11)7(3)8(5)10/h11-12H2,1-4H3;4H,10-11H2,1-3H3. The van der Waals surface area contributed by atoms with Crippen molar-refractivity contribution in [3.05, 3.63) is 45.0 Å². The Hall–Kier alpha value is -2.36. The van der Waals surface area contributed by atoms with E-state index >= 15 is 0 Å². The minimum Gasteiger partial charge on any atom is -0.398 e. The highest BCUT2D eigenvalue weighted by molar-refractivity contribution is 5.70. The normalized spacial score (nSPS) is 10.2. The smallest absolute Gasteiger partial charge is 0.0394 e. The molecule has 0 saturated heterocycles. The van der Waals surface area contributed by atoms with Crippen LogP contribution in [-0.4, -0.2) is 0 Å². The quantitative estimate of drug-likeness (QED) is 0.554. The van der Waals surface area contributed by atoms with E-state index < -0.39 is 0 Å². The van der Waals surface area contributed by atoms with Crippen molar-refractivity contribution in [3.63, 3.8) is 0 Å². The van der Waals surface area contributed by atoms with Gasteiger partial charge in [-0.2, -0.15) is 0 Å². The van der Waals surface area contributed by atoms with E-state index in [1.54, 1.807) is 0 Å². The molecule has 4 nitrogen and oxygen atoms in total. The average Bonchev–Trinajstić information content (AvgIpc) is 2.53. The molecule has 0 amide bonds. The monoisotopic (exact) mass is 314 g/mol. The fourth-order valence-corrected chi connectivity index (χ4v) is 2.59. The van der Waals surface area contributed by atoms with E-state index in [2.05, 4.69) is 0 Å². The van der Waals surface area contributed by atoms with Gasteiger partial charge in [-0.1, -0.05) is 6.07 Å². The molecule has 0 bridgehead atoms. The number of aryl methyl sites for hydroxylation is 2. The summed E-state index contributed by atoms with van der Waals surface area (Å²) in [5.74, 6) is 0. The second-order valence-electron chi connectivity index (χ2n) is 6.29. The molecule has 0 spiro atoms. The topological polar surface area (TPSA) is 104 Å². The molecule has 8 N–H and O–H groups in total. The molecule has 0 aliphatic heterocycles.